The zero-order valence-electron chi connectivity index (χ0n) is 11.5. The molecule has 3 heteroatoms. The van der Waals surface area contributed by atoms with Crippen LogP contribution in [0.3, 0.4) is 0 Å². The highest BCUT2D eigenvalue weighted by molar-refractivity contribution is 5.36. The van der Waals surface area contributed by atoms with Gasteiger partial charge in [-0.15, -0.1) is 13.2 Å². The van der Waals surface area contributed by atoms with Crippen LogP contribution in [0.4, 0.5) is 4.39 Å². The number of para-hydroxylation sites is 1. The fourth-order valence-corrected chi connectivity index (χ4v) is 2.23. The summed E-state index contributed by atoms with van der Waals surface area (Å²) in [6.45, 7) is 9.79. The summed E-state index contributed by atoms with van der Waals surface area (Å²) in [6, 6.07) is 10.7. The predicted molar refractivity (Wildman–Crippen MR) is 81.4 cm³/mol. The molecule has 1 aromatic heterocycles. The molecule has 2 aromatic rings. The first-order valence-corrected chi connectivity index (χ1v) is 6.61. The highest BCUT2D eigenvalue weighted by Crippen LogP contribution is 2.17. The Morgan fingerprint density at radius 2 is 1.75 bits per heavy atom. The van der Waals surface area contributed by atoms with E-state index >= 15 is 0 Å². The molecule has 2 rings (SSSR count). The molecule has 0 saturated heterocycles. The lowest BCUT2D eigenvalue weighted by Gasteiger charge is -2.20. The van der Waals surface area contributed by atoms with Crippen molar-refractivity contribution in [1.82, 2.24) is 9.47 Å². The van der Waals surface area contributed by atoms with Gasteiger partial charge in [0.2, 0.25) is 0 Å². The molecule has 0 amide bonds. The maximum Gasteiger partial charge on any atom is 0.147 e. The second-order valence-electron chi connectivity index (χ2n) is 4.59. The predicted octanol–water partition coefficient (Wildman–Crippen LogP) is 3.79. The minimum atomic E-state index is -0.219. The minimum absolute atomic E-state index is 0.219. The molecule has 0 unspecified atom stereocenters. The number of benzene rings is 1. The first-order chi connectivity index (χ1) is 9.76. The zero-order valence-corrected chi connectivity index (χ0v) is 11.5. The van der Waals surface area contributed by atoms with Crippen LogP contribution in [-0.2, 0) is 6.54 Å². The second kappa shape index (κ2) is 6.87. The van der Waals surface area contributed by atoms with E-state index in [9.17, 15) is 4.39 Å². The van der Waals surface area contributed by atoms with Crippen molar-refractivity contribution in [3.63, 3.8) is 0 Å². The molecule has 0 N–H and O–H groups in total. The van der Waals surface area contributed by atoms with Crippen LogP contribution < -0.4 is 0 Å². The topological polar surface area (TPSA) is 8.17 Å². The number of hydrogen-bond donors (Lipinski definition) is 0. The molecular formula is C17H19FN2. The molecule has 0 fully saturated rings. The van der Waals surface area contributed by atoms with Gasteiger partial charge in [0.25, 0.3) is 0 Å². The lowest BCUT2D eigenvalue weighted by molar-refractivity contribution is 0.321. The highest BCUT2D eigenvalue weighted by Gasteiger charge is 2.10. The van der Waals surface area contributed by atoms with Gasteiger partial charge in [-0.05, 0) is 24.3 Å². The summed E-state index contributed by atoms with van der Waals surface area (Å²) in [7, 11) is 0. The van der Waals surface area contributed by atoms with E-state index in [-0.39, 0.29) is 5.82 Å². The van der Waals surface area contributed by atoms with Crippen molar-refractivity contribution in [2.45, 2.75) is 6.54 Å². The van der Waals surface area contributed by atoms with E-state index in [0.717, 1.165) is 25.3 Å². The molecule has 2 nitrogen and oxygen atoms in total. The standard InChI is InChI=1S/C17H19FN2/c1-3-11-19(12-4-2)14-15-8-7-13-20(15)17-10-6-5-9-16(17)18/h3-10,13H,1-2,11-12,14H2. The quantitative estimate of drug-likeness (QED) is 0.695. The SMILES string of the molecule is C=CCN(CC=C)Cc1cccn1-c1ccccc1F. The third-order valence-corrected chi connectivity index (χ3v) is 3.11. The largest absolute Gasteiger partial charge is 0.317 e. The smallest absolute Gasteiger partial charge is 0.147 e. The van der Waals surface area contributed by atoms with Crippen LogP contribution >= 0.6 is 0 Å². The summed E-state index contributed by atoms with van der Waals surface area (Å²) in [5.41, 5.74) is 1.61. The van der Waals surface area contributed by atoms with Crippen LogP contribution in [0.5, 0.6) is 0 Å². The van der Waals surface area contributed by atoms with Gasteiger partial charge in [-0.3, -0.25) is 4.90 Å². The molecule has 1 aromatic carbocycles. The minimum Gasteiger partial charge on any atom is -0.317 e. The number of rotatable bonds is 7. The fraction of sp³-hybridized carbons (Fsp3) is 0.176. The van der Waals surface area contributed by atoms with Crippen molar-refractivity contribution in [2.75, 3.05) is 13.1 Å². The van der Waals surface area contributed by atoms with E-state index in [2.05, 4.69) is 18.1 Å². The lowest BCUT2D eigenvalue weighted by Crippen LogP contribution is -2.24. The first-order valence-electron chi connectivity index (χ1n) is 6.61. The maximum atomic E-state index is 13.9. The van der Waals surface area contributed by atoms with Crippen molar-refractivity contribution in [2.24, 2.45) is 0 Å². The van der Waals surface area contributed by atoms with Gasteiger partial charge in [0.1, 0.15) is 5.82 Å². The number of aromatic nitrogens is 1. The summed E-state index contributed by atoms with van der Waals surface area (Å²) in [5.74, 6) is -0.219. The zero-order chi connectivity index (χ0) is 14.4. The Balaban J connectivity index is 2.26. The molecule has 0 atom stereocenters. The van der Waals surface area contributed by atoms with Crippen molar-refractivity contribution < 1.29 is 4.39 Å². The fourth-order valence-electron chi connectivity index (χ4n) is 2.23. The van der Waals surface area contributed by atoms with Crippen molar-refractivity contribution in [1.29, 1.82) is 0 Å². The van der Waals surface area contributed by atoms with Gasteiger partial charge >= 0.3 is 0 Å². The van der Waals surface area contributed by atoms with Gasteiger partial charge < -0.3 is 4.57 Å². The van der Waals surface area contributed by atoms with Gasteiger partial charge in [-0.2, -0.15) is 0 Å². The van der Waals surface area contributed by atoms with Crippen LogP contribution in [0, 0.1) is 5.82 Å². The van der Waals surface area contributed by atoms with Gasteiger partial charge in [0, 0.05) is 31.5 Å². The third kappa shape index (κ3) is 3.25. The van der Waals surface area contributed by atoms with Crippen molar-refractivity contribution in [3.8, 4) is 5.69 Å². The summed E-state index contributed by atoms with van der Waals surface area (Å²) < 4.78 is 15.8. The molecule has 20 heavy (non-hydrogen) atoms. The summed E-state index contributed by atoms with van der Waals surface area (Å²) in [5, 5.41) is 0. The normalized spacial score (nSPS) is 10.7. The van der Waals surface area contributed by atoms with Gasteiger partial charge in [0.15, 0.2) is 0 Å². The monoisotopic (exact) mass is 270 g/mol. The average molecular weight is 270 g/mol. The Morgan fingerprint density at radius 3 is 2.40 bits per heavy atom. The van der Waals surface area contributed by atoms with E-state index in [0.29, 0.717) is 5.69 Å². The van der Waals surface area contributed by atoms with Crippen molar-refractivity contribution >= 4 is 0 Å². The highest BCUT2D eigenvalue weighted by atomic mass is 19.1. The van der Waals surface area contributed by atoms with Crippen LogP contribution in [0.2, 0.25) is 0 Å². The van der Waals surface area contributed by atoms with Crippen LogP contribution in [0.25, 0.3) is 5.69 Å². The van der Waals surface area contributed by atoms with E-state index < -0.39 is 0 Å². The van der Waals surface area contributed by atoms with Gasteiger partial charge in [-0.25, -0.2) is 4.39 Å². The summed E-state index contributed by atoms with van der Waals surface area (Å²) in [4.78, 5) is 2.19. The molecule has 1 heterocycles. The maximum absolute atomic E-state index is 13.9. The second-order valence-corrected chi connectivity index (χ2v) is 4.59. The molecule has 0 aliphatic rings. The molecule has 0 saturated carbocycles. The Hall–Kier alpha value is -2.13. The van der Waals surface area contributed by atoms with E-state index in [1.165, 1.54) is 6.07 Å². The van der Waals surface area contributed by atoms with Gasteiger partial charge in [0.05, 0.1) is 5.69 Å². The molecule has 0 bridgehead atoms. The molecule has 0 spiro atoms. The van der Waals surface area contributed by atoms with Gasteiger partial charge in [-0.1, -0.05) is 24.3 Å². The Morgan fingerprint density at radius 1 is 1.05 bits per heavy atom. The number of halogens is 1. The number of nitrogens with zero attached hydrogens (tertiary/aromatic N) is 2. The summed E-state index contributed by atoms with van der Waals surface area (Å²) >= 11 is 0. The van der Waals surface area contributed by atoms with E-state index in [4.69, 9.17) is 0 Å². The summed E-state index contributed by atoms with van der Waals surface area (Å²) in [6.07, 6.45) is 5.60. The van der Waals surface area contributed by atoms with E-state index in [1.54, 1.807) is 12.1 Å². The van der Waals surface area contributed by atoms with Crippen LogP contribution in [0.15, 0.2) is 67.9 Å². The Kier molecular flexibility index (Phi) is 4.91. The third-order valence-electron chi connectivity index (χ3n) is 3.11. The Bertz CT molecular complexity index is 576. The molecule has 0 radical (unpaired) electrons. The molecule has 0 aliphatic carbocycles. The van der Waals surface area contributed by atoms with Crippen LogP contribution in [0.1, 0.15) is 5.69 Å². The average Bonchev–Trinajstić information content (AvgIpc) is 2.88. The molecular weight excluding hydrogens is 251 g/mol. The Labute approximate surface area is 119 Å². The lowest BCUT2D eigenvalue weighted by atomic mass is 10.3. The molecule has 104 valence electrons. The number of hydrogen-bond acceptors (Lipinski definition) is 1. The van der Waals surface area contributed by atoms with E-state index in [1.807, 2.05) is 41.1 Å². The van der Waals surface area contributed by atoms with Crippen molar-refractivity contribution in [3.05, 3.63) is 79.4 Å². The van der Waals surface area contributed by atoms with Crippen LogP contribution in [-0.4, -0.2) is 22.6 Å². The first kappa shape index (κ1) is 14.3. The molecule has 0 aliphatic heterocycles.